The van der Waals surface area contributed by atoms with E-state index >= 15 is 0 Å². The summed E-state index contributed by atoms with van der Waals surface area (Å²) in [5.74, 6) is -0.257. The van der Waals surface area contributed by atoms with Crippen molar-refractivity contribution in [2.75, 3.05) is 5.32 Å². The predicted octanol–water partition coefficient (Wildman–Crippen LogP) is 3.59. The zero-order valence-corrected chi connectivity index (χ0v) is 11.6. The highest BCUT2D eigenvalue weighted by Gasteiger charge is 2.11. The van der Waals surface area contributed by atoms with E-state index in [2.05, 4.69) is 32.9 Å². The van der Waals surface area contributed by atoms with E-state index in [0.717, 1.165) is 9.26 Å². The van der Waals surface area contributed by atoms with Crippen molar-refractivity contribution < 1.29 is 4.79 Å². The second-order valence-corrected chi connectivity index (χ2v) is 4.86. The van der Waals surface area contributed by atoms with Crippen LogP contribution in [0.5, 0.6) is 0 Å². The molecule has 1 aromatic heterocycles. The van der Waals surface area contributed by atoms with Crippen molar-refractivity contribution in [1.29, 1.82) is 0 Å². The van der Waals surface area contributed by atoms with Gasteiger partial charge in [-0.3, -0.25) is 9.78 Å². The van der Waals surface area contributed by atoms with E-state index in [1.54, 1.807) is 12.3 Å². The topological polar surface area (TPSA) is 42.0 Å². The van der Waals surface area contributed by atoms with Gasteiger partial charge in [-0.2, -0.15) is 0 Å². The summed E-state index contributed by atoms with van der Waals surface area (Å²) in [5.41, 5.74) is 1.13. The largest absolute Gasteiger partial charge is 0.321 e. The first-order chi connectivity index (χ1) is 8.18. The number of aromatic nitrogens is 1. The van der Waals surface area contributed by atoms with E-state index in [0.29, 0.717) is 10.6 Å². The lowest BCUT2D eigenvalue weighted by Gasteiger charge is -2.07. The molecule has 0 saturated heterocycles. The second kappa shape index (κ2) is 5.46. The van der Waals surface area contributed by atoms with Gasteiger partial charge in [-0.1, -0.05) is 23.7 Å². The Labute approximate surface area is 117 Å². The SMILES string of the molecule is O=C(Nc1ccccc1I)c1cnccc1Cl. The summed E-state index contributed by atoms with van der Waals surface area (Å²) in [4.78, 5) is 15.8. The predicted molar refractivity (Wildman–Crippen MR) is 76.4 cm³/mol. The molecule has 1 aromatic carbocycles. The van der Waals surface area contributed by atoms with Crippen molar-refractivity contribution >= 4 is 45.8 Å². The number of nitrogens with one attached hydrogen (secondary N) is 1. The Morgan fingerprint density at radius 3 is 2.76 bits per heavy atom. The van der Waals surface area contributed by atoms with E-state index in [9.17, 15) is 4.79 Å². The van der Waals surface area contributed by atoms with Gasteiger partial charge in [-0.05, 0) is 40.8 Å². The van der Waals surface area contributed by atoms with Crippen LogP contribution in [-0.2, 0) is 0 Å². The number of para-hydroxylation sites is 1. The molecule has 0 bridgehead atoms. The number of carbonyl (C=O) groups excluding carboxylic acids is 1. The number of nitrogens with zero attached hydrogens (tertiary/aromatic N) is 1. The normalized spacial score (nSPS) is 10.0. The Hall–Kier alpha value is -1.14. The van der Waals surface area contributed by atoms with Gasteiger partial charge in [0.25, 0.3) is 5.91 Å². The van der Waals surface area contributed by atoms with Gasteiger partial charge in [0.2, 0.25) is 0 Å². The van der Waals surface area contributed by atoms with Gasteiger partial charge in [-0.25, -0.2) is 0 Å². The Morgan fingerprint density at radius 1 is 1.29 bits per heavy atom. The number of halogens is 2. The number of carbonyl (C=O) groups is 1. The molecule has 0 unspecified atom stereocenters. The maximum atomic E-state index is 11.9. The number of hydrogen-bond acceptors (Lipinski definition) is 2. The lowest BCUT2D eigenvalue weighted by atomic mass is 10.2. The first kappa shape index (κ1) is 12.3. The second-order valence-electron chi connectivity index (χ2n) is 3.29. The van der Waals surface area contributed by atoms with Crippen LogP contribution in [0, 0.1) is 3.57 Å². The number of rotatable bonds is 2. The molecule has 0 spiro atoms. The van der Waals surface area contributed by atoms with Crippen LogP contribution in [0.1, 0.15) is 10.4 Å². The molecular formula is C12H8ClIN2O. The van der Waals surface area contributed by atoms with Crippen molar-refractivity contribution in [3.63, 3.8) is 0 Å². The standard InChI is InChI=1S/C12H8ClIN2O/c13-9-5-6-15-7-8(9)12(17)16-11-4-2-1-3-10(11)14/h1-7H,(H,16,17). The molecule has 17 heavy (non-hydrogen) atoms. The van der Waals surface area contributed by atoms with Crippen molar-refractivity contribution in [3.05, 3.63) is 56.9 Å². The summed E-state index contributed by atoms with van der Waals surface area (Å²) in [6.45, 7) is 0. The summed E-state index contributed by atoms with van der Waals surface area (Å²) in [5, 5.41) is 3.19. The average molecular weight is 359 g/mol. The van der Waals surface area contributed by atoms with Gasteiger partial charge in [0.1, 0.15) is 0 Å². The molecule has 2 rings (SSSR count). The molecule has 3 nitrogen and oxygen atoms in total. The molecule has 0 aliphatic carbocycles. The molecule has 0 fully saturated rings. The third-order valence-corrected chi connectivity index (χ3v) is 3.40. The number of hydrogen-bond donors (Lipinski definition) is 1. The van der Waals surface area contributed by atoms with Crippen LogP contribution in [0.2, 0.25) is 5.02 Å². The molecule has 1 N–H and O–H groups in total. The summed E-state index contributed by atoms with van der Waals surface area (Å²) in [6, 6.07) is 9.12. The minimum atomic E-state index is -0.257. The molecule has 0 atom stereocenters. The van der Waals surface area contributed by atoms with Crippen molar-refractivity contribution in [3.8, 4) is 0 Å². The molecule has 1 amide bonds. The Morgan fingerprint density at radius 2 is 2.06 bits per heavy atom. The van der Waals surface area contributed by atoms with Gasteiger partial charge in [-0.15, -0.1) is 0 Å². The molecular weight excluding hydrogens is 351 g/mol. The number of pyridine rings is 1. The van der Waals surface area contributed by atoms with Crippen LogP contribution in [0.15, 0.2) is 42.7 Å². The fourth-order valence-electron chi connectivity index (χ4n) is 1.30. The molecule has 2 aromatic rings. The van der Waals surface area contributed by atoms with Crippen LogP contribution >= 0.6 is 34.2 Å². The fourth-order valence-corrected chi connectivity index (χ4v) is 2.01. The van der Waals surface area contributed by atoms with E-state index < -0.39 is 0 Å². The van der Waals surface area contributed by atoms with Crippen LogP contribution in [0.3, 0.4) is 0 Å². The van der Waals surface area contributed by atoms with Crippen LogP contribution < -0.4 is 5.32 Å². The molecule has 86 valence electrons. The van der Waals surface area contributed by atoms with E-state index in [1.165, 1.54) is 6.20 Å². The first-order valence-electron chi connectivity index (χ1n) is 4.84. The Kier molecular flexibility index (Phi) is 3.96. The van der Waals surface area contributed by atoms with E-state index in [1.807, 2.05) is 24.3 Å². The van der Waals surface area contributed by atoms with Gasteiger partial charge < -0.3 is 5.32 Å². The molecule has 0 radical (unpaired) electrons. The monoisotopic (exact) mass is 358 g/mol. The number of benzene rings is 1. The summed E-state index contributed by atoms with van der Waals surface area (Å²) < 4.78 is 0.971. The fraction of sp³-hybridized carbons (Fsp3) is 0. The molecule has 0 saturated carbocycles. The Bertz CT molecular complexity index is 560. The molecule has 5 heteroatoms. The van der Waals surface area contributed by atoms with Crippen molar-refractivity contribution in [2.24, 2.45) is 0 Å². The molecule has 0 aliphatic heterocycles. The van der Waals surface area contributed by atoms with Gasteiger partial charge in [0.15, 0.2) is 0 Å². The lowest BCUT2D eigenvalue weighted by Crippen LogP contribution is -2.13. The van der Waals surface area contributed by atoms with Gasteiger partial charge >= 0.3 is 0 Å². The highest BCUT2D eigenvalue weighted by Crippen LogP contribution is 2.20. The van der Waals surface area contributed by atoms with E-state index in [-0.39, 0.29) is 5.91 Å². The zero-order valence-electron chi connectivity index (χ0n) is 8.65. The maximum absolute atomic E-state index is 11.9. The van der Waals surface area contributed by atoms with E-state index in [4.69, 9.17) is 11.6 Å². The zero-order chi connectivity index (χ0) is 12.3. The number of amides is 1. The van der Waals surface area contributed by atoms with Crippen molar-refractivity contribution in [2.45, 2.75) is 0 Å². The van der Waals surface area contributed by atoms with Crippen LogP contribution in [0.4, 0.5) is 5.69 Å². The number of anilines is 1. The third-order valence-electron chi connectivity index (χ3n) is 2.13. The highest BCUT2D eigenvalue weighted by molar-refractivity contribution is 14.1. The van der Waals surface area contributed by atoms with Crippen LogP contribution in [-0.4, -0.2) is 10.9 Å². The maximum Gasteiger partial charge on any atom is 0.258 e. The minimum absolute atomic E-state index is 0.257. The molecule has 0 aliphatic rings. The smallest absolute Gasteiger partial charge is 0.258 e. The molecule has 1 heterocycles. The van der Waals surface area contributed by atoms with Gasteiger partial charge in [0, 0.05) is 16.0 Å². The summed E-state index contributed by atoms with van der Waals surface area (Å²) in [6.07, 6.45) is 3.00. The minimum Gasteiger partial charge on any atom is -0.321 e. The van der Waals surface area contributed by atoms with Crippen molar-refractivity contribution in [1.82, 2.24) is 4.98 Å². The summed E-state index contributed by atoms with van der Waals surface area (Å²) in [7, 11) is 0. The highest BCUT2D eigenvalue weighted by atomic mass is 127. The third kappa shape index (κ3) is 2.95. The quantitative estimate of drug-likeness (QED) is 0.834. The van der Waals surface area contributed by atoms with Gasteiger partial charge in [0.05, 0.1) is 16.3 Å². The first-order valence-corrected chi connectivity index (χ1v) is 6.29. The Balaban J connectivity index is 2.24. The summed E-state index contributed by atoms with van der Waals surface area (Å²) >= 11 is 8.08. The lowest BCUT2D eigenvalue weighted by molar-refractivity contribution is 0.102. The van der Waals surface area contributed by atoms with Crippen LogP contribution in [0.25, 0.3) is 0 Å². The average Bonchev–Trinajstić information content (AvgIpc) is 2.32.